The molecular formula is C16H14FN7OS2. The van der Waals surface area contributed by atoms with Gasteiger partial charge >= 0.3 is 0 Å². The van der Waals surface area contributed by atoms with Gasteiger partial charge in [0.15, 0.2) is 5.65 Å². The van der Waals surface area contributed by atoms with Crippen LogP contribution in [0.25, 0.3) is 21.3 Å². The first-order valence-electron chi connectivity index (χ1n) is 7.86. The van der Waals surface area contributed by atoms with E-state index in [2.05, 4.69) is 15.1 Å². The van der Waals surface area contributed by atoms with Crippen molar-refractivity contribution in [1.29, 1.82) is 5.41 Å². The van der Waals surface area contributed by atoms with E-state index in [1.165, 1.54) is 27.6 Å². The molecule has 4 rings (SSSR count). The minimum atomic E-state index is -0.418. The zero-order valence-corrected chi connectivity index (χ0v) is 15.8. The molecule has 0 saturated heterocycles. The van der Waals surface area contributed by atoms with Gasteiger partial charge in [-0.3, -0.25) is 4.79 Å². The van der Waals surface area contributed by atoms with Crippen molar-refractivity contribution in [2.24, 2.45) is 12.8 Å². The Labute approximate surface area is 159 Å². The molecule has 4 heterocycles. The fraction of sp³-hybridized carbons (Fsp3) is 0.188. The molecule has 8 nitrogen and oxygen atoms in total. The number of allylic oxidation sites excluding steroid dienone is 2. The molecule has 4 aromatic rings. The second kappa shape index (κ2) is 6.67. The van der Waals surface area contributed by atoms with Gasteiger partial charge in [0.05, 0.1) is 23.0 Å². The second-order valence-electron chi connectivity index (χ2n) is 5.85. The first-order valence-corrected chi connectivity index (χ1v) is 9.56. The highest BCUT2D eigenvalue weighted by Crippen LogP contribution is 2.31. The van der Waals surface area contributed by atoms with Gasteiger partial charge in [0.25, 0.3) is 5.56 Å². The van der Waals surface area contributed by atoms with Gasteiger partial charge in [-0.25, -0.2) is 14.6 Å². The Morgan fingerprint density at radius 3 is 3.00 bits per heavy atom. The van der Waals surface area contributed by atoms with Crippen molar-refractivity contribution in [1.82, 2.24) is 24.3 Å². The van der Waals surface area contributed by atoms with E-state index >= 15 is 0 Å². The van der Waals surface area contributed by atoms with E-state index in [4.69, 9.17) is 11.1 Å². The van der Waals surface area contributed by atoms with Crippen molar-refractivity contribution in [3.8, 4) is 0 Å². The third kappa shape index (κ3) is 2.94. The Morgan fingerprint density at radius 1 is 1.48 bits per heavy atom. The van der Waals surface area contributed by atoms with Gasteiger partial charge in [-0.1, -0.05) is 11.3 Å². The van der Waals surface area contributed by atoms with Gasteiger partial charge in [-0.2, -0.15) is 9.49 Å². The monoisotopic (exact) mass is 403 g/mol. The molecule has 0 radical (unpaired) electrons. The zero-order valence-electron chi connectivity index (χ0n) is 14.1. The number of nitrogens with one attached hydrogen (secondary N) is 1. The van der Waals surface area contributed by atoms with Crippen LogP contribution in [0.1, 0.15) is 10.7 Å². The van der Waals surface area contributed by atoms with E-state index in [-0.39, 0.29) is 17.8 Å². The molecule has 0 aliphatic rings. The van der Waals surface area contributed by atoms with Crippen molar-refractivity contribution in [3.05, 3.63) is 49.7 Å². The predicted octanol–water partition coefficient (Wildman–Crippen LogP) is 2.02. The van der Waals surface area contributed by atoms with E-state index in [9.17, 15) is 9.18 Å². The highest BCUT2D eigenvalue weighted by atomic mass is 32.1. The highest BCUT2D eigenvalue weighted by Gasteiger charge is 2.19. The molecule has 0 amide bonds. The van der Waals surface area contributed by atoms with Gasteiger partial charge in [0.2, 0.25) is 5.13 Å². The lowest BCUT2D eigenvalue weighted by Gasteiger charge is -2.04. The first kappa shape index (κ1) is 17.5. The predicted molar refractivity (Wildman–Crippen MR) is 104 cm³/mol. The summed E-state index contributed by atoms with van der Waals surface area (Å²) in [5.41, 5.74) is 8.79. The molecule has 0 unspecified atom stereocenters. The number of rotatable bonds is 5. The molecule has 11 heteroatoms. The van der Waals surface area contributed by atoms with E-state index < -0.39 is 5.13 Å². The number of nitrogens with two attached hydrogens (primary N) is 1. The largest absolute Gasteiger partial charge is 0.402 e. The summed E-state index contributed by atoms with van der Waals surface area (Å²) in [6.07, 6.45) is 4.68. The standard InChI is InChI=1S/C16H14FN7OS2/c1-23-12-9(13-15(23)22-11(27-13)4-8(19)2-3-18)5-21-24(16(12)25)6-10-14(17)26-7-20-10/h2-3,5,7,18H,4,6,19H2,1H3. The fourth-order valence-electron chi connectivity index (χ4n) is 2.86. The van der Waals surface area contributed by atoms with Gasteiger partial charge in [-0.05, 0) is 6.08 Å². The van der Waals surface area contributed by atoms with Crippen LogP contribution < -0.4 is 11.3 Å². The maximum absolute atomic E-state index is 13.7. The average molecular weight is 403 g/mol. The van der Waals surface area contributed by atoms with Crippen LogP contribution in [0.15, 0.2) is 28.3 Å². The molecule has 0 aromatic carbocycles. The summed E-state index contributed by atoms with van der Waals surface area (Å²) in [6, 6.07) is 0. The molecule has 3 N–H and O–H groups in total. The van der Waals surface area contributed by atoms with Crippen molar-refractivity contribution in [2.75, 3.05) is 0 Å². The molecule has 4 aromatic heterocycles. The average Bonchev–Trinajstić information content (AvgIpc) is 3.28. The van der Waals surface area contributed by atoms with E-state index in [0.29, 0.717) is 28.7 Å². The fourth-order valence-corrected chi connectivity index (χ4v) is 4.53. The third-order valence-electron chi connectivity index (χ3n) is 4.11. The van der Waals surface area contributed by atoms with Crippen LogP contribution in [-0.2, 0) is 20.0 Å². The molecule has 0 spiro atoms. The molecule has 0 bridgehead atoms. The Kier molecular flexibility index (Phi) is 4.32. The summed E-state index contributed by atoms with van der Waals surface area (Å²) in [5, 5.41) is 12.3. The van der Waals surface area contributed by atoms with Gasteiger partial charge in [0.1, 0.15) is 16.2 Å². The molecule has 0 aliphatic heterocycles. The number of fused-ring (bicyclic) bond motifs is 3. The Hall–Kier alpha value is -2.92. The molecule has 0 saturated carbocycles. The quantitative estimate of drug-likeness (QED) is 0.495. The Balaban J connectivity index is 1.81. The van der Waals surface area contributed by atoms with E-state index in [1.54, 1.807) is 17.8 Å². The number of hydrogen-bond donors (Lipinski definition) is 2. The summed E-state index contributed by atoms with van der Waals surface area (Å²) in [4.78, 5) is 21.4. The van der Waals surface area contributed by atoms with Gasteiger partial charge < -0.3 is 15.7 Å². The minimum absolute atomic E-state index is 0.0213. The molecule has 0 aliphatic carbocycles. The topological polar surface area (TPSA) is 115 Å². The number of thiazole rings is 2. The zero-order chi connectivity index (χ0) is 19.1. The number of aryl methyl sites for hydroxylation is 1. The normalized spacial score (nSPS) is 12.3. The summed E-state index contributed by atoms with van der Waals surface area (Å²) < 4.78 is 17.4. The number of halogens is 1. The smallest absolute Gasteiger partial charge is 0.291 e. The van der Waals surface area contributed by atoms with Gasteiger partial charge in [-0.15, -0.1) is 11.3 Å². The van der Waals surface area contributed by atoms with Crippen LogP contribution in [0, 0.1) is 10.5 Å². The maximum atomic E-state index is 13.7. The lowest BCUT2D eigenvalue weighted by Crippen LogP contribution is -2.25. The lowest BCUT2D eigenvalue weighted by molar-refractivity contribution is 0.582. The summed E-state index contributed by atoms with van der Waals surface area (Å²) >= 11 is 2.33. The molecule has 27 heavy (non-hydrogen) atoms. The molecule has 0 atom stereocenters. The van der Waals surface area contributed by atoms with E-state index in [0.717, 1.165) is 27.3 Å². The Morgan fingerprint density at radius 2 is 2.30 bits per heavy atom. The van der Waals surface area contributed by atoms with Crippen molar-refractivity contribution in [3.63, 3.8) is 0 Å². The van der Waals surface area contributed by atoms with Crippen LogP contribution in [0.5, 0.6) is 0 Å². The number of aromatic nitrogens is 5. The van der Waals surface area contributed by atoms with Crippen LogP contribution in [0.2, 0.25) is 0 Å². The van der Waals surface area contributed by atoms with Gasteiger partial charge in [0, 0.05) is 30.8 Å². The Bertz CT molecular complexity index is 1260. The van der Waals surface area contributed by atoms with Crippen LogP contribution in [0.4, 0.5) is 4.39 Å². The van der Waals surface area contributed by atoms with Crippen molar-refractivity contribution >= 4 is 50.1 Å². The summed E-state index contributed by atoms with van der Waals surface area (Å²) in [7, 11) is 1.76. The lowest BCUT2D eigenvalue weighted by atomic mass is 10.3. The first-order chi connectivity index (χ1) is 13.0. The van der Waals surface area contributed by atoms with E-state index in [1.807, 2.05) is 0 Å². The van der Waals surface area contributed by atoms with Crippen LogP contribution in [0.3, 0.4) is 0 Å². The van der Waals surface area contributed by atoms with Crippen LogP contribution in [-0.4, -0.2) is 30.5 Å². The third-order valence-corrected chi connectivity index (χ3v) is 5.84. The van der Waals surface area contributed by atoms with Crippen molar-refractivity contribution in [2.45, 2.75) is 13.0 Å². The maximum Gasteiger partial charge on any atom is 0.291 e. The van der Waals surface area contributed by atoms with Crippen molar-refractivity contribution < 1.29 is 4.39 Å². The minimum Gasteiger partial charge on any atom is -0.402 e. The second-order valence-corrected chi connectivity index (χ2v) is 7.74. The summed E-state index contributed by atoms with van der Waals surface area (Å²) in [5.74, 6) is 0. The van der Waals surface area contributed by atoms with Crippen LogP contribution >= 0.6 is 22.7 Å². The highest BCUT2D eigenvalue weighted by molar-refractivity contribution is 7.19. The summed E-state index contributed by atoms with van der Waals surface area (Å²) in [6.45, 7) is -0.0213. The molecule has 0 fully saturated rings. The number of hydrogen-bond acceptors (Lipinski definition) is 8. The molecule has 138 valence electrons. The number of nitrogens with zero attached hydrogens (tertiary/aromatic N) is 5. The molecular weight excluding hydrogens is 389 g/mol. The SMILES string of the molecule is Cn1c2nc(CC(N)=CC=N)sc2c2cnn(Cc3ncsc3F)c(=O)c21.